The number of rotatable bonds is 3. The second-order valence-corrected chi connectivity index (χ2v) is 5.30. The van der Waals surface area contributed by atoms with Crippen LogP contribution in [0.5, 0.6) is 5.75 Å². The Morgan fingerprint density at radius 3 is 2.56 bits per heavy atom. The van der Waals surface area contributed by atoms with Crippen LogP contribution in [-0.2, 0) is 4.74 Å². The summed E-state index contributed by atoms with van der Waals surface area (Å²) in [6.07, 6.45) is 2.33. The lowest BCUT2D eigenvalue weighted by Crippen LogP contribution is -2.16. The molecule has 0 aliphatic carbocycles. The first-order valence-corrected chi connectivity index (χ1v) is 6.72. The van der Waals surface area contributed by atoms with Gasteiger partial charge in [0.1, 0.15) is 5.75 Å². The van der Waals surface area contributed by atoms with Crippen LogP contribution in [0.2, 0.25) is 0 Å². The van der Waals surface area contributed by atoms with E-state index in [1.54, 1.807) is 0 Å². The first-order valence-electron chi connectivity index (χ1n) is 6.72. The molecule has 1 aromatic carbocycles. The van der Waals surface area contributed by atoms with Gasteiger partial charge in [-0.25, -0.2) is 0 Å². The van der Waals surface area contributed by atoms with Gasteiger partial charge in [0.25, 0.3) is 0 Å². The molecule has 1 heterocycles. The van der Waals surface area contributed by atoms with Crippen LogP contribution < -0.4 is 10.5 Å². The van der Waals surface area contributed by atoms with Gasteiger partial charge in [-0.3, -0.25) is 0 Å². The molecule has 0 bridgehead atoms. The summed E-state index contributed by atoms with van der Waals surface area (Å²) in [5.41, 5.74) is 9.38. The first-order chi connectivity index (χ1) is 8.58. The zero-order chi connectivity index (χ0) is 13.1. The van der Waals surface area contributed by atoms with E-state index in [1.165, 1.54) is 11.1 Å². The lowest BCUT2D eigenvalue weighted by atomic mass is 9.88. The van der Waals surface area contributed by atoms with E-state index in [4.69, 9.17) is 15.2 Å². The summed E-state index contributed by atoms with van der Waals surface area (Å²) in [6.45, 7) is 7.88. The van der Waals surface area contributed by atoms with Gasteiger partial charge in [0.2, 0.25) is 0 Å². The normalized spacial score (nSPS) is 17.1. The highest BCUT2D eigenvalue weighted by molar-refractivity contribution is 5.57. The Bertz CT molecular complexity index is 409. The topological polar surface area (TPSA) is 44.5 Å². The van der Waals surface area contributed by atoms with Crippen molar-refractivity contribution in [3.8, 4) is 5.75 Å². The van der Waals surface area contributed by atoms with Crippen molar-refractivity contribution in [2.75, 3.05) is 18.9 Å². The summed E-state index contributed by atoms with van der Waals surface area (Å²) >= 11 is 0. The molecule has 2 N–H and O–H groups in total. The van der Waals surface area contributed by atoms with Crippen molar-refractivity contribution in [3.63, 3.8) is 0 Å². The number of nitrogens with two attached hydrogens (primary N) is 1. The largest absolute Gasteiger partial charge is 0.489 e. The smallest absolute Gasteiger partial charge is 0.142 e. The molecule has 1 aromatic rings. The Balaban J connectivity index is 2.28. The van der Waals surface area contributed by atoms with Gasteiger partial charge >= 0.3 is 0 Å². The Labute approximate surface area is 109 Å². The average Bonchev–Trinajstić information content (AvgIpc) is 2.33. The van der Waals surface area contributed by atoms with Gasteiger partial charge in [0.05, 0.1) is 11.8 Å². The quantitative estimate of drug-likeness (QED) is 0.836. The Morgan fingerprint density at radius 1 is 1.28 bits per heavy atom. The predicted octanol–water partition coefficient (Wildman–Crippen LogP) is 3.26. The Hall–Kier alpha value is -1.22. The maximum atomic E-state index is 6.02. The van der Waals surface area contributed by atoms with Crippen molar-refractivity contribution in [2.45, 2.75) is 45.6 Å². The minimum atomic E-state index is 0.151. The molecule has 100 valence electrons. The van der Waals surface area contributed by atoms with Crippen molar-refractivity contribution >= 4 is 5.69 Å². The van der Waals surface area contributed by atoms with Crippen LogP contribution in [0.4, 0.5) is 5.69 Å². The third-order valence-electron chi connectivity index (χ3n) is 3.42. The molecule has 2 rings (SSSR count). The number of hydrogen-bond donors (Lipinski definition) is 1. The van der Waals surface area contributed by atoms with Gasteiger partial charge in [0, 0.05) is 13.2 Å². The van der Waals surface area contributed by atoms with E-state index >= 15 is 0 Å². The van der Waals surface area contributed by atoms with Gasteiger partial charge in [-0.15, -0.1) is 0 Å². The molecule has 1 aliphatic heterocycles. The summed E-state index contributed by atoms with van der Waals surface area (Å²) < 4.78 is 11.2. The van der Waals surface area contributed by atoms with Crippen molar-refractivity contribution in [1.82, 2.24) is 0 Å². The van der Waals surface area contributed by atoms with E-state index < -0.39 is 0 Å². The summed E-state index contributed by atoms with van der Waals surface area (Å²) in [4.78, 5) is 0. The molecule has 1 saturated heterocycles. The SMILES string of the molecule is Cc1cc(N)c(OC(C)C)cc1C1CCOCC1. The lowest BCUT2D eigenvalue weighted by Gasteiger charge is -2.25. The molecule has 0 spiro atoms. The molecule has 1 fully saturated rings. The van der Waals surface area contributed by atoms with E-state index in [0.717, 1.165) is 37.5 Å². The number of ether oxygens (including phenoxy) is 2. The lowest BCUT2D eigenvalue weighted by molar-refractivity contribution is 0.0851. The average molecular weight is 249 g/mol. The summed E-state index contributed by atoms with van der Waals surface area (Å²) in [5.74, 6) is 1.39. The van der Waals surface area contributed by atoms with E-state index in [-0.39, 0.29) is 6.10 Å². The van der Waals surface area contributed by atoms with Crippen LogP contribution in [0.25, 0.3) is 0 Å². The highest BCUT2D eigenvalue weighted by Gasteiger charge is 2.19. The molecule has 0 aromatic heterocycles. The maximum absolute atomic E-state index is 6.02. The second kappa shape index (κ2) is 5.61. The molecule has 18 heavy (non-hydrogen) atoms. The Kier molecular flexibility index (Phi) is 4.12. The van der Waals surface area contributed by atoms with E-state index in [2.05, 4.69) is 13.0 Å². The zero-order valence-electron chi connectivity index (χ0n) is 11.5. The third kappa shape index (κ3) is 2.96. The number of aryl methyl sites for hydroxylation is 1. The highest BCUT2D eigenvalue weighted by atomic mass is 16.5. The van der Waals surface area contributed by atoms with Crippen LogP contribution in [-0.4, -0.2) is 19.3 Å². The summed E-state index contributed by atoms with van der Waals surface area (Å²) in [6, 6.07) is 4.16. The summed E-state index contributed by atoms with van der Waals surface area (Å²) in [5, 5.41) is 0. The Morgan fingerprint density at radius 2 is 1.94 bits per heavy atom. The highest BCUT2D eigenvalue weighted by Crippen LogP contribution is 2.35. The van der Waals surface area contributed by atoms with Crippen molar-refractivity contribution in [3.05, 3.63) is 23.3 Å². The predicted molar refractivity (Wildman–Crippen MR) is 74.1 cm³/mol. The van der Waals surface area contributed by atoms with Gasteiger partial charge < -0.3 is 15.2 Å². The molecule has 3 nitrogen and oxygen atoms in total. The number of nitrogen functional groups attached to an aromatic ring is 1. The van der Waals surface area contributed by atoms with Crippen LogP contribution in [0, 0.1) is 6.92 Å². The standard InChI is InChI=1S/C15H23NO2/c1-10(2)18-15-9-13(11(3)8-14(15)16)12-4-6-17-7-5-12/h8-10,12H,4-7,16H2,1-3H3. The molecule has 0 amide bonds. The molecule has 3 heteroatoms. The monoisotopic (exact) mass is 249 g/mol. The molecule has 0 atom stereocenters. The van der Waals surface area contributed by atoms with Gasteiger partial charge in [-0.2, -0.15) is 0 Å². The fourth-order valence-corrected chi connectivity index (χ4v) is 2.53. The van der Waals surface area contributed by atoms with Crippen LogP contribution >= 0.6 is 0 Å². The minimum Gasteiger partial charge on any atom is -0.489 e. The van der Waals surface area contributed by atoms with E-state index in [0.29, 0.717) is 5.92 Å². The van der Waals surface area contributed by atoms with Crippen LogP contribution in [0.1, 0.15) is 43.7 Å². The molecule has 0 radical (unpaired) electrons. The molecular weight excluding hydrogens is 226 g/mol. The van der Waals surface area contributed by atoms with Crippen LogP contribution in [0.3, 0.4) is 0 Å². The number of benzene rings is 1. The van der Waals surface area contributed by atoms with Crippen molar-refractivity contribution in [2.24, 2.45) is 0 Å². The zero-order valence-corrected chi connectivity index (χ0v) is 11.5. The van der Waals surface area contributed by atoms with Crippen LogP contribution in [0.15, 0.2) is 12.1 Å². The van der Waals surface area contributed by atoms with E-state index in [1.807, 2.05) is 19.9 Å². The van der Waals surface area contributed by atoms with Crippen molar-refractivity contribution in [1.29, 1.82) is 0 Å². The molecular formula is C15H23NO2. The number of anilines is 1. The van der Waals surface area contributed by atoms with Gasteiger partial charge in [-0.05, 0) is 62.8 Å². The minimum absolute atomic E-state index is 0.151. The molecule has 0 unspecified atom stereocenters. The first kappa shape index (κ1) is 13.2. The van der Waals surface area contributed by atoms with E-state index in [9.17, 15) is 0 Å². The fourth-order valence-electron chi connectivity index (χ4n) is 2.53. The fraction of sp³-hybridized carbons (Fsp3) is 0.600. The molecule has 1 aliphatic rings. The maximum Gasteiger partial charge on any atom is 0.142 e. The number of hydrogen-bond acceptors (Lipinski definition) is 3. The molecule has 0 saturated carbocycles. The second-order valence-electron chi connectivity index (χ2n) is 5.30. The van der Waals surface area contributed by atoms with Crippen molar-refractivity contribution < 1.29 is 9.47 Å². The third-order valence-corrected chi connectivity index (χ3v) is 3.42. The summed E-state index contributed by atoms with van der Waals surface area (Å²) in [7, 11) is 0. The van der Waals surface area contributed by atoms with Gasteiger partial charge in [-0.1, -0.05) is 0 Å². The van der Waals surface area contributed by atoms with Gasteiger partial charge in [0.15, 0.2) is 0 Å².